The predicted molar refractivity (Wildman–Crippen MR) is 122 cm³/mol. The zero-order chi connectivity index (χ0) is 21.8. The first-order valence-corrected chi connectivity index (χ1v) is 10.4. The van der Waals surface area contributed by atoms with E-state index in [4.69, 9.17) is 0 Å². The highest BCUT2D eigenvalue weighted by molar-refractivity contribution is 5.96. The van der Waals surface area contributed by atoms with Gasteiger partial charge in [0.2, 0.25) is 5.91 Å². The van der Waals surface area contributed by atoms with E-state index in [1.165, 1.54) is 0 Å². The molecule has 4 rings (SSSR count). The van der Waals surface area contributed by atoms with Gasteiger partial charge >= 0.3 is 5.97 Å². The van der Waals surface area contributed by atoms with Gasteiger partial charge in [-0.1, -0.05) is 84.9 Å². The van der Waals surface area contributed by atoms with Crippen LogP contribution in [0.25, 0.3) is 0 Å². The lowest BCUT2D eigenvalue weighted by molar-refractivity contribution is -0.147. The molecule has 4 atom stereocenters. The van der Waals surface area contributed by atoms with Crippen LogP contribution in [0.3, 0.4) is 0 Å². The largest absolute Gasteiger partial charge is 0.481 e. The van der Waals surface area contributed by atoms with E-state index in [0.29, 0.717) is 5.69 Å². The molecule has 1 aliphatic carbocycles. The van der Waals surface area contributed by atoms with Gasteiger partial charge in [-0.2, -0.15) is 0 Å². The fraction of sp³-hybridized carbons (Fsp3) is 0.185. The van der Waals surface area contributed by atoms with Crippen molar-refractivity contribution in [2.75, 3.05) is 5.32 Å². The Morgan fingerprint density at radius 3 is 1.81 bits per heavy atom. The topological polar surface area (TPSA) is 66.4 Å². The molecule has 2 N–H and O–H groups in total. The summed E-state index contributed by atoms with van der Waals surface area (Å²) in [5, 5.41) is 13.2. The van der Waals surface area contributed by atoms with Crippen molar-refractivity contribution in [2.24, 2.45) is 11.8 Å². The standard InChI is InChI=1S/C27H25NO3/c1-18-9-8-14-21(17-18)28-26(29)24-22(19-10-4-2-5-11-19)15-16-23(25(24)27(30)31)20-12-6-3-7-13-20/h2-17,22-25H,1H3,(H,28,29)(H,30,31)/t22-,23-,24+,25-/m0/s1. The Hall–Kier alpha value is -3.66. The predicted octanol–water partition coefficient (Wildman–Crippen LogP) is 5.39. The summed E-state index contributed by atoms with van der Waals surface area (Å²) in [6.07, 6.45) is 3.94. The van der Waals surface area contributed by atoms with Gasteiger partial charge in [0, 0.05) is 17.5 Å². The SMILES string of the molecule is Cc1cccc(NC(=O)[C@H]2[C@@H](C(=O)O)[C@H](c3ccccc3)C=C[C@H]2c2ccccc2)c1. The van der Waals surface area contributed by atoms with Crippen LogP contribution in [0.15, 0.2) is 97.1 Å². The van der Waals surface area contributed by atoms with Crippen molar-refractivity contribution in [2.45, 2.75) is 18.8 Å². The average molecular weight is 412 g/mol. The Kier molecular flexibility index (Phi) is 5.99. The minimum absolute atomic E-state index is 0.280. The molecule has 0 aromatic heterocycles. The summed E-state index contributed by atoms with van der Waals surface area (Å²) < 4.78 is 0. The number of carbonyl (C=O) groups is 2. The lowest BCUT2D eigenvalue weighted by Gasteiger charge is -2.37. The van der Waals surface area contributed by atoms with Crippen molar-refractivity contribution >= 4 is 17.6 Å². The average Bonchev–Trinajstić information content (AvgIpc) is 2.79. The van der Waals surface area contributed by atoms with Crippen molar-refractivity contribution in [3.63, 3.8) is 0 Å². The van der Waals surface area contributed by atoms with Crippen LogP contribution < -0.4 is 5.32 Å². The number of amides is 1. The number of carbonyl (C=O) groups excluding carboxylic acids is 1. The van der Waals surface area contributed by atoms with Crippen molar-refractivity contribution in [3.8, 4) is 0 Å². The number of aryl methyl sites for hydroxylation is 1. The van der Waals surface area contributed by atoms with Crippen molar-refractivity contribution < 1.29 is 14.7 Å². The molecule has 0 bridgehead atoms. The number of allylic oxidation sites excluding steroid dienone is 2. The molecule has 0 saturated heterocycles. The maximum atomic E-state index is 13.5. The van der Waals surface area contributed by atoms with Gasteiger partial charge in [-0.15, -0.1) is 0 Å². The van der Waals surface area contributed by atoms with Crippen LogP contribution >= 0.6 is 0 Å². The fourth-order valence-corrected chi connectivity index (χ4v) is 4.49. The quantitative estimate of drug-likeness (QED) is 0.553. The number of hydrogen-bond donors (Lipinski definition) is 2. The molecule has 0 fully saturated rings. The molecule has 0 spiro atoms. The van der Waals surface area contributed by atoms with Gasteiger partial charge in [0.25, 0.3) is 0 Å². The van der Waals surface area contributed by atoms with Gasteiger partial charge in [-0.25, -0.2) is 0 Å². The summed E-state index contributed by atoms with van der Waals surface area (Å²) in [6.45, 7) is 1.96. The minimum Gasteiger partial charge on any atom is -0.481 e. The van der Waals surface area contributed by atoms with E-state index in [9.17, 15) is 14.7 Å². The molecule has 4 heteroatoms. The summed E-state index contributed by atoms with van der Waals surface area (Å²) in [5.74, 6) is -3.60. The Labute approximate surface area is 182 Å². The third kappa shape index (κ3) is 4.43. The molecule has 0 heterocycles. The van der Waals surface area contributed by atoms with Gasteiger partial charge in [-0.05, 0) is 35.7 Å². The number of aliphatic carboxylic acids is 1. The first-order chi connectivity index (χ1) is 15.0. The summed E-state index contributed by atoms with van der Waals surface area (Å²) in [4.78, 5) is 26.1. The molecule has 4 nitrogen and oxygen atoms in total. The molecule has 1 aliphatic rings. The lowest BCUT2D eigenvalue weighted by Crippen LogP contribution is -2.42. The third-order valence-corrected chi connectivity index (χ3v) is 5.93. The Balaban J connectivity index is 1.77. The molecule has 0 saturated carbocycles. The summed E-state index contributed by atoms with van der Waals surface area (Å²) in [5.41, 5.74) is 3.52. The molecule has 1 amide bonds. The smallest absolute Gasteiger partial charge is 0.308 e. The zero-order valence-corrected chi connectivity index (χ0v) is 17.3. The van der Waals surface area contributed by atoms with Crippen LogP contribution in [0.1, 0.15) is 28.5 Å². The van der Waals surface area contributed by atoms with Crippen LogP contribution in [0.2, 0.25) is 0 Å². The molecule has 0 radical (unpaired) electrons. The van der Waals surface area contributed by atoms with E-state index in [-0.39, 0.29) is 17.7 Å². The van der Waals surface area contributed by atoms with Gasteiger partial charge in [0.1, 0.15) is 0 Å². The number of benzene rings is 3. The number of rotatable bonds is 5. The molecule has 3 aromatic carbocycles. The summed E-state index contributed by atoms with van der Waals surface area (Å²) in [7, 11) is 0. The second kappa shape index (κ2) is 9.00. The highest BCUT2D eigenvalue weighted by atomic mass is 16.4. The van der Waals surface area contributed by atoms with E-state index in [1.807, 2.05) is 104 Å². The maximum absolute atomic E-state index is 13.5. The van der Waals surface area contributed by atoms with Crippen LogP contribution in [-0.2, 0) is 9.59 Å². The summed E-state index contributed by atoms with van der Waals surface area (Å²) >= 11 is 0. The maximum Gasteiger partial charge on any atom is 0.308 e. The van der Waals surface area contributed by atoms with Crippen LogP contribution in [0, 0.1) is 18.8 Å². The van der Waals surface area contributed by atoms with E-state index in [2.05, 4.69) is 5.32 Å². The van der Waals surface area contributed by atoms with Crippen molar-refractivity contribution in [1.82, 2.24) is 0 Å². The fourth-order valence-electron chi connectivity index (χ4n) is 4.49. The first-order valence-electron chi connectivity index (χ1n) is 10.4. The van der Waals surface area contributed by atoms with E-state index >= 15 is 0 Å². The second-order valence-corrected chi connectivity index (χ2v) is 8.01. The number of carboxylic acids is 1. The lowest BCUT2D eigenvalue weighted by atomic mass is 9.66. The number of anilines is 1. The third-order valence-electron chi connectivity index (χ3n) is 5.93. The molecule has 31 heavy (non-hydrogen) atoms. The Morgan fingerprint density at radius 1 is 0.742 bits per heavy atom. The molecule has 156 valence electrons. The molecule has 3 aromatic rings. The first kappa shape index (κ1) is 20.6. The minimum atomic E-state index is -0.969. The van der Waals surface area contributed by atoms with E-state index < -0.39 is 17.8 Å². The summed E-state index contributed by atoms with van der Waals surface area (Å²) in [6, 6.07) is 26.7. The number of nitrogens with one attached hydrogen (secondary N) is 1. The Bertz CT molecular complexity index is 1090. The molecular formula is C27H25NO3. The zero-order valence-electron chi connectivity index (χ0n) is 17.3. The van der Waals surface area contributed by atoms with Crippen LogP contribution in [-0.4, -0.2) is 17.0 Å². The van der Waals surface area contributed by atoms with Gasteiger partial charge < -0.3 is 10.4 Å². The van der Waals surface area contributed by atoms with E-state index in [1.54, 1.807) is 0 Å². The van der Waals surface area contributed by atoms with Gasteiger partial charge in [-0.3, -0.25) is 9.59 Å². The van der Waals surface area contributed by atoms with E-state index in [0.717, 1.165) is 16.7 Å². The van der Waals surface area contributed by atoms with Gasteiger partial charge in [0.15, 0.2) is 0 Å². The van der Waals surface area contributed by atoms with Crippen molar-refractivity contribution in [3.05, 3.63) is 114 Å². The highest BCUT2D eigenvalue weighted by Crippen LogP contribution is 2.45. The molecule has 0 aliphatic heterocycles. The Morgan fingerprint density at radius 2 is 1.29 bits per heavy atom. The van der Waals surface area contributed by atoms with Crippen molar-refractivity contribution in [1.29, 1.82) is 0 Å². The van der Waals surface area contributed by atoms with Crippen LogP contribution in [0.5, 0.6) is 0 Å². The second-order valence-electron chi connectivity index (χ2n) is 8.01. The van der Waals surface area contributed by atoms with Crippen LogP contribution in [0.4, 0.5) is 5.69 Å². The number of hydrogen-bond acceptors (Lipinski definition) is 2. The highest BCUT2D eigenvalue weighted by Gasteiger charge is 2.46. The monoisotopic (exact) mass is 411 g/mol. The molecular weight excluding hydrogens is 386 g/mol. The normalized spacial score (nSPS) is 22.6. The molecule has 0 unspecified atom stereocenters. The number of carboxylic acid groups (broad SMARTS) is 1. The van der Waals surface area contributed by atoms with Gasteiger partial charge in [0.05, 0.1) is 11.8 Å².